The van der Waals surface area contributed by atoms with Gasteiger partial charge < -0.3 is 5.32 Å². The predicted octanol–water partition coefficient (Wildman–Crippen LogP) is 4.81. The van der Waals surface area contributed by atoms with Crippen LogP contribution in [0.5, 0.6) is 0 Å². The fourth-order valence-corrected chi connectivity index (χ4v) is 4.34. The number of hydrogen-bond acceptors (Lipinski definition) is 2. The zero-order valence-electron chi connectivity index (χ0n) is 11.9. The third-order valence-corrected chi connectivity index (χ3v) is 5.57. The average molecular weight is 364 g/mol. The summed E-state index contributed by atoms with van der Waals surface area (Å²) in [6, 6.07) is 10.2. The summed E-state index contributed by atoms with van der Waals surface area (Å²) < 4.78 is 1.04. The van der Waals surface area contributed by atoms with Crippen molar-refractivity contribution in [3.05, 3.63) is 56.2 Å². The number of fused-ring (bicyclic) bond motifs is 1. The molecule has 4 heteroatoms. The first-order chi connectivity index (χ1) is 10.1. The lowest BCUT2D eigenvalue weighted by Crippen LogP contribution is -2.32. The maximum atomic E-state index is 12.6. The van der Waals surface area contributed by atoms with Crippen LogP contribution in [-0.2, 0) is 11.2 Å². The number of benzene rings is 1. The van der Waals surface area contributed by atoms with Crippen molar-refractivity contribution in [2.24, 2.45) is 0 Å². The van der Waals surface area contributed by atoms with Crippen molar-refractivity contribution in [3.8, 4) is 0 Å². The van der Waals surface area contributed by atoms with Gasteiger partial charge in [-0.05, 0) is 60.9 Å². The number of amides is 1. The Balaban J connectivity index is 1.73. The Morgan fingerprint density at radius 1 is 1.43 bits per heavy atom. The van der Waals surface area contributed by atoms with Gasteiger partial charge >= 0.3 is 0 Å². The van der Waals surface area contributed by atoms with E-state index >= 15 is 0 Å². The van der Waals surface area contributed by atoms with Crippen LogP contribution in [0, 0.1) is 0 Å². The second-order valence-electron chi connectivity index (χ2n) is 5.53. The van der Waals surface area contributed by atoms with Crippen molar-refractivity contribution in [3.63, 3.8) is 0 Å². The van der Waals surface area contributed by atoms with Gasteiger partial charge in [-0.3, -0.25) is 4.79 Å². The molecular weight excluding hydrogens is 346 g/mol. The number of thiophene rings is 1. The fraction of sp³-hybridized carbons (Fsp3) is 0.353. The first kappa shape index (κ1) is 14.8. The molecule has 3 rings (SSSR count). The molecule has 0 bridgehead atoms. The average Bonchev–Trinajstić information content (AvgIpc) is 2.95. The molecule has 1 aliphatic carbocycles. The Morgan fingerprint density at radius 3 is 3.10 bits per heavy atom. The van der Waals surface area contributed by atoms with Crippen molar-refractivity contribution in [1.82, 2.24) is 5.32 Å². The molecule has 2 aromatic rings. The van der Waals surface area contributed by atoms with Crippen LogP contribution in [0.1, 0.15) is 47.7 Å². The lowest BCUT2D eigenvalue weighted by atomic mass is 9.87. The maximum Gasteiger partial charge on any atom is 0.228 e. The highest BCUT2D eigenvalue weighted by molar-refractivity contribution is 9.10. The van der Waals surface area contributed by atoms with Crippen molar-refractivity contribution in [2.75, 3.05) is 0 Å². The number of aryl methyl sites for hydroxylation is 1. The van der Waals surface area contributed by atoms with Gasteiger partial charge in [0.1, 0.15) is 0 Å². The summed E-state index contributed by atoms with van der Waals surface area (Å²) in [5, 5.41) is 5.27. The molecule has 1 N–H and O–H groups in total. The molecule has 0 aliphatic heterocycles. The second kappa shape index (κ2) is 6.32. The second-order valence-corrected chi connectivity index (χ2v) is 7.45. The smallest absolute Gasteiger partial charge is 0.228 e. The molecule has 2 nitrogen and oxygen atoms in total. The summed E-state index contributed by atoms with van der Waals surface area (Å²) in [4.78, 5) is 14.0. The van der Waals surface area contributed by atoms with Crippen LogP contribution < -0.4 is 5.32 Å². The minimum atomic E-state index is 0.0228. The van der Waals surface area contributed by atoms with E-state index < -0.39 is 0 Å². The Kier molecular flexibility index (Phi) is 4.45. The number of rotatable bonds is 3. The molecule has 0 fully saturated rings. The Hall–Kier alpha value is -1.13. The Bertz CT molecular complexity index is 652. The summed E-state index contributed by atoms with van der Waals surface area (Å²) in [5.41, 5.74) is 2.37. The molecule has 1 amide bonds. The highest BCUT2D eigenvalue weighted by atomic mass is 79.9. The molecule has 1 aromatic heterocycles. The van der Waals surface area contributed by atoms with E-state index in [2.05, 4.69) is 38.8 Å². The van der Waals surface area contributed by atoms with Crippen molar-refractivity contribution >= 4 is 33.2 Å². The van der Waals surface area contributed by atoms with E-state index in [1.807, 2.05) is 25.1 Å². The molecule has 2 atom stereocenters. The summed E-state index contributed by atoms with van der Waals surface area (Å²) in [6.45, 7) is 2.04. The number of nitrogens with one attached hydrogen (secondary N) is 1. The van der Waals surface area contributed by atoms with Crippen molar-refractivity contribution in [2.45, 2.75) is 38.1 Å². The summed E-state index contributed by atoms with van der Waals surface area (Å²) in [6.07, 6.45) is 3.19. The zero-order chi connectivity index (χ0) is 14.8. The van der Waals surface area contributed by atoms with Gasteiger partial charge in [0.25, 0.3) is 0 Å². The molecule has 0 saturated carbocycles. The van der Waals surface area contributed by atoms with E-state index in [4.69, 9.17) is 0 Å². The van der Waals surface area contributed by atoms with E-state index in [9.17, 15) is 4.79 Å². The zero-order valence-corrected chi connectivity index (χ0v) is 14.3. The molecule has 21 heavy (non-hydrogen) atoms. The van der Waals surface area contributed by atoms with E-state index in [1.54, 1.807) is 11.3 Å². The molecule has 110 valence electrons. The summed E-state index contributed by atoms with van der Waals surface area (Å²) in [5.74, 6) is 0.177. The van der Waals surface area contributed by atoms with E-state index in [-0.39, 0.29) is 17.9 Å². The topological polar surface area (TPSA) is 29.1 Å². The maximum absolute atomic E-state index is 12.6. The van der Waals surface area contributed by atoms with E-state index in [1.165, 1.54) is 10.4 Å². The van der Waals surface area contributed by atoms with Crippen molar-refractivity contribution in [1.29, 1.82) is 0 Å². The highest BCUT2D eigenvalue weighted by Gasteiger charge is 2.28. The number of hydrogen-bond donors (Lipinski definition) is 1. The van der Waals surface area contributed by atoms with Gasteiger partial charge in [-0.25, -0.2) is 0 Å². The van der Waals surface area contributed by atoms with Crippen LogP contribution in [0.15, 0.2) is 40.2 Å². The van der Waals surface area contributed by atoms with Gasteiger partial charge in [0.15, 0.2) is 0 Å². The van der Waals surface area contributed by atoms with Crippen LogP contribution in [-0.4, -0.2) is 5.91 Å². The van der Waals surface area contributed by atoms with Crippen LogP contribution in [0.2, 0.25) is 0 Å². The van der Waals surface area contributed by atoms with Gasteiger partial charge in [0.05, 0.1) is 12.0 Å². The predicted molar refractivity (Wildman–Crippen MR) is 90.7 cm³/mol. The van der Waals surface area contributed by atoms with Crippen molar-refractivity contribution < 1.29 is 4.79 Å². The molecule has 2 unspecified atom stereocenters. The van der Waals surface area contributed by atoms with Crippen LogP contribution in [0.3, 0.4) is 0 Å². The Labute approximate surface area is 137 Å². The first-order valence-electron chi connectivity index (χ1n) is 7.27. The standard InChI is InChI=1S/C17H18BrNOS/c1-11(12-4-2-5-13(18)10-12)19-17(20)15-6-3-7-16-14(15)8-9-21-16/h2,4-5,8-11,15H,3,6-7H2,1H3,(H,19,20). The number of carbonyl (C=O) groups is 1. The minimum Gasteiger partial charge on any atom is -0.349 e. The van der Waals surface area contributed by atoms with Gasteiger partial charge in [0, 0.05) is 9.35 Å². The third-order valence-electron chi connectivity index (χ3n) is 4.08. The van der Waals surface area contributed by atoms with E-state index in [0.717, 1.165) is 29.3 Å². The van der Waals surface area contributed by atoms with Crippen LogP contribution in [0.4, 0.5) is 0 Å². The number of halogens is 1. The highest BCUT2D eigenvalue weighted by Crippen LogP contribution is 2.35. The van der Waals surface area contributed by atoms with E-state index in [0.29, 0.717) is 0 Å². The monoisotopic (exact) mass is 363 g/mol. The van der Waals surface area contributed by atoms with Gasteiger partial charge in [0.2, 0.25) is 5.91 Å². The molecular formula is C17H18BrNOS. The molecule has 0 saturated heterocycles. The Morgan fingerprint density at radius 2 is 2.29 bits per heavy atom. The lowest BCUT2D eigenvalue weighted by Gasteiger charge is -2.24. The fourth-order valence-electron chi connectivity index (χ4n) is 2.93. The molecule has 0 radical (unpaired) electrons. The lowest BCUT2D eigenvalue weighted by molar-refractivity contribution is -0.123. The number of carbonyl (C=O) groups excluding carboxylic acids is 1. The van der Waals surface area contributed by atoms with Gasteiger partial charge in [-0.15, -0.1) is 11.3 Å². The summed E-state index contributed by atoms with van der Waals surface area (Å²) >= 11 is 5.26. The summed E-state index contributed by atoms with van der Waals surface area (Å²) in [7, 11) is 0. The molecule has 0 spiro atoms. The van der Waals surface area contributed by atoms with Gasteiger partial charge in [-0.1, -0.05) is 28.1 Å². The van der Waals surface area contributed by atoms with Crippen LogP contribution >= 0.6 is 27.3 Å². The quantitative estimate of drug-likeness (QED) is 0.832. The minimum absolute atomic E-state index is 0.0228. The van der Waals surface area contributed by atoms with Crippen LogP contribution in [0.25, 0.3) is 0 Å². The van der Waals surface area contributed by atoms with Gasteiger partial charge in [-0.2, -0.15) is 0 Å². The molecule has 1 aromatic carbocycles. The molecule has 1 heterocycles. The SMILES string of the molecule is CC(NC(=O)C1CCCc2sccc21)c1cccc(Br)c1. The largest absolute Gasteiger partial charge is 0.349 e. The molecule has 1 aliphatic rings. The third kappa shape index (κ3) is 3.22. The first-order valence-corrected chi connectivity index (χ1v) is 8.94. The normalized spacial score (nSPS) is 18.9.